The van der Waals surface area contributed by atoms with Crippen LogP contribution in [0.15, 0.2) is 42.6 Å². The van der Waals surface area contributed by atoms with Gasteiger partial charge in [0.15, 0.2) is 0 Å². The van der Waals surface area contributed by atoms with Crippen LogP contribution in [0.2, 0.25) is 5.15 Å². The molecule has 6 nitrogen and oxygen atoms in total. The Bertz CT molecular complexity index is 673. The standard InChI is InChI=1S/C14H12ClN3O3/c1-9(10-3-2-4-12(7-10)18(20)21)17-14(19)11-5-6-13(15)16-8-11/h2-9H,1H3,(H,17,19). The molecular formula is C14H12ClN3O3. The SMILES string of the molecule is CC(NC(=O)c1ccc(Cl)nc1)c1cccc([N+](=O)[O-])c1. The van der Waals surface area contributed by atoms with Crippen molar-refractivity contribution >= 4 is 23.2 Å². The Balaban J connectivity index is 2.12. The number of benzene rings is 1. The van der Waals surface area contributed by atoms with Crippen molar-refractivity contribution in [2.24, 2.45) is 0 Å². The zero-order valence-corrected chi connectivity index (χ0v) is 11.9. The summed E-state index contributed by atoms with van der Waals surface area (Å²) >= 11 is 5.66. The number of nitro groups is 1. The van der Waals surface area contributed by atoms with Gasteiger partial charge in [0.25, 0.3) is 11.6 Å². The van der Waals surface area contributed by atoms with Gasteiger partial charge in [0.1, 0.15) is 5.15 Å². The van der Waals surface area contributed by atoms with Crippen LogP contribution in [0.3, 0.4) is 0 Å². The molecular weight excluding hydrogens is 294 g/mol. The molecule has 2 aromatic rings. The molecule has 1 N–H and O–H groups in total. The van der Waals surface area contributed by atoms with E-state index < -0.39 is 4.92 Å². The predicted molar refractivity (Wildman–Crippen MR) is 78.2 cm³/mol. The van der Waals surface area contributed by atoms with Crippen LogP contribution >= 0.6 is 11.6 Å². The summed E-state index contributed by atoms with van der Waals surface area (Å²) in [5, 5.41) is 13.8. The van der Waals surface area contributed by atoms with Crippen molar-refractivity contribution in [3.63, 3.8) is 0 Å². The number of nitrogens with one attached hydrogen (secondary N) is 1. The number of rotatable bonds is 4. The molecule has 0 spiro atoms. The van der Waals surface area contributed by atoms with E-state index in [9.17, 15) is 14.9 Å². The van der Waals surface area contributed by atoms with Gasteiger partial charge in [-0.15, -0.1) is 0 Å². The third kappa shape index (κ3) is 3.76. The van der Waals surface area contributed by atoms with Crippen LogP contribution in [0.4, 0.5) is 5.69 Å². The fraction of sp³-hybridized carbons (Fsp3) is 0.143. The second-order valence-electron chi connectivity index (χ2n) is 4.42. The molecule has 108 valence electrons. The monoisotopic (exact) mass is 305 g/mol. The Labute approximate surface area is 125 Å². The highest BCUT2D eigenvalue weighted by molar-refractivity contribution is 6.29. The van der Waals surface area contributed by atoms with Crippen molar-refractivity contribution in [1.82, 2.24) is 10.3 Å². The molecule has 0 aliphatic rings. The van der Waals surface area contributed by atoms with Gasteiger partial charge in [0, 0.05) is 18.3 Å². The third-order valence-corrected chi connectivity index (χ3v) is 3.14. The summed E-state index contributed by atoms with van der Waals surface area (Å²) in [6, 6.07) is 8.86. The van der Waals surface area contributed by atoms with Gasteiger partial charge < -0.3 is 5.32 Å². The summed E-state index contributed by atoms with van der Waals surface area (Å²) in [6.07, 6.45) is 1.37. The van der Waals surface area contributed by atoms with Crippen LogP contribution < -0.4 is 5.32 Å². The Morgan fingerprint density at radius 2 is 2.14 bits per heavy atom. The van der Waals surface area contributed by atoms with Crippen molar-refractivity contribution in [2.45, 2.75) is 13.0 Å². The van der Waals surface area contributed by atoms with E-state index in [0.717, 1.165) is 0 Å². The van der Waals surface area contributed by atoms with Crippen molar-refractivity contribution in [3.8, 4) is 0 Å². The fourth-order valence-corrected chi connectivity index (χ4v) is 1.89. The van der Waals surface area contributed by atoms with Gasteiger partial charge in [-0.25, -0.2) is 4.98 Å². The maximum absolute atomic E-state index is 12.0. The summed E-state index contributed by atoms with van der Waals surface area (Å²) in [6.45, 7) is 1.75. The highest BCUT2D eigenvalue weighted by Gasteiger charge is 2.14. The summed E-state index contributed by atoms with van der Waals surface area (Å²) < 4.78 is 0. The third-order valence-electron chi connectivity index (χ3n) is 2.92. The molecule has 1 heterocycles. The fourth-order valence-electron chi connectivity index (χ4n) is 1.78. The Hall–Kier alpha value is -2.47. The number of pyridine rings is 1. The van der Waals surface area contributed by atoms with Gasteiger partial charge in [-0.2, -0.15) is 0 Å². The van der Waals surface area contributed by atoms with E-state index >= 15 is 0 Å². The van der Waals surface area contributed by atoms with Crippen LogP contribution in [0.1, 0.15) is 28.9 Å². The lowest BCUT2D eigenvalue weighted by molar-refractivity contribution is -0.384. The van der Waals surface area contributed by atoms with E-state index in [0.29, 0.717) is 16.3 Å². The molecule has 2 rings (SSSR count). The molecule has 1 unspecified atom stereocenters. The molecule has 0 saturated carbocycles. The molecule has 0 saturated heterocycles. The first kappa shape index (κ1) is 14.9. The molecule has 7 heteroatoms. The minimum Gasteiger partial charge on any atom is -0.345 e. The molecule has 21 heavy (non-hydrogen) atoms. The lowest BCUT2D eigenvalue weighted by atomic mass is 10.1. The number of nitrogens with zero attached hydrogens (tertiary/aromatic N) is 2. The van der Waals surface area contributed by atoms with E-state index in [-0.39, 0.29) is 17.6 Å². The minimum absolute atomic E-state index is 0.0123. The zero-order chi connectivity index (χ0) is 15.4. The predicted octanol–water partition coefficient (Wildman–Crippen LogP) is 3.13. The number of amides is 1. The van der Waals surface area contributed by atoms with Crippen LogP contribution in [-0.4, -0.2) is 15.8 Å². The number of halogens is 1. The molecule has 0 radical (unpaired) electrons. The van der Waals surface area contributed by atoms with E-state index in [2.05, 4.69) is 10.3 Å². The van der Waals surface area contributed by atoms with Crippen molar-refractivity contribution in [1.29, 1.82) is 0 Å². The smallest absolute Gasteiger partial charge is 0.269 e. The van der Waals surface area contributed by atoms with Gasteiger partial charge >= 0.3 is 0 Å². The molecule has 1 amide bonds. The second-order valence-corrected chi connectivity index (χ2v) is 4.80. The number of carbonyl (C=O) groups is 1. The summed E-state index contributed by atoms with van der Waals surface area (Å²) in [7, 11) is 0. The maximum atomic E-state index is 12.0. The average Bonchev–Trinajstić information content (AvgIpc) is 2.48. The largest absolute Gasteiger partial charge is 0.345 e. The molecule has 0 bridgehead atoms. The summed E-state index contributed by atoms with van der Waals surface area (Å²) in [5.74, 6) is -0.321. The lowest BCUT2D eigenvalue weighted by Gasteiger charge is -2.14. The van der Waals surface area contributed by atoms with Crippen molar-refractivity contribution < 1.29 is 9.72 Å². The van der Waals surface area contributed by atoms with E-state index in [4.69, 9.17) is 11.6 Å². The molecule has 0 aliphatic carbocycles. The van der Waals surface area contributed by atoms with Crippen LogP contribution in [0, 0.1) is 10.1 Å². The van der Waals surface area contributed by atoms with Crippen LogP contribution in [0.5, 0.6) is 0 Å². The van der Waals surface area contributed by atoms with E-state index in [1.807, 2.05) is 0 Å². The lowest BCUT2D eigenvalue weighted by Crippen LogP contribution is -2.26. The molecule has 1 aromatic carbocycles. The number of hydrogen-bond donors (Lipinski definition) is 1. The first-order chi connectivity index (χ1) is 9.97. The van der Waals surface area contributed by atoms with Crippen LogP contribution in [0.25, 0.3) is 0 Å². The maximum Gasteiger partial charge on any atom is 0.269 e. The van der Waals surface area contributed by atoms with Gasteiger partial charge in [0.05, 0.1) is 16.5 Å². The number of carbonyl (C=O) groups excluding carboxylic acids is 1. The molecule has 1 atom stereocenters. The van der Waals surface area contributed by atoms with Gasteiger partial charge in [-0.05, 0) is 24.6 Å². The number of nitro benzene ring substituents is 1. The topological polar surface area (TPSA) is 85.1 Å². The first-order valence-corrected chi connectivity index (χ1v) is 6.52. The van der Waals surface area contributed by atoms with Crippen molar-refractivity contribution in [3.05, 3.63) is 69.0 Å². The molecule has 0 aliphatic heterocycles. The Morgan fingerprint density at radius 3 is 2.76 bits per heavy atom. The van der Waals surface area contributed by atoms with Crippen molar-refractivity contribution in [2.75, 3.05) is 0 Å². The summed E-state index contributed by atoms with van der Waals surface area (Å²) in [5.41, 5.74) is 1.01. The first-order valence-electron chi connectivity index (χ1n) is 6.14. The zero-order valence-electron chi connectivity index (χ0n) is 11.1. The Morgan fingerprint density at radius 1 is 1.38 bits per heavy atom. The molecule has 1 aromatic heterocycles. The second kappa shape index (κ2) is 6.32. The van der Waals surface area contributed by atoms with E-state index in [1.54, 1.807) is 25.1 Å². The highest BCUT2D eigenvalue weighted by Crippen LogP contribution is 2.19. The summed E-state index contributed by atoms with van der Waals surface area (Å²) in [4.78, 5) is 26.1. The average molecular weight is 306 g/mol. The quantitative estimate of drug-likeness (QED) is 0.534. The van der Waals surface area contributed by atoms with Crippen LogP contribution in [-0.2, 0) is 0 Å². The molecule has 0 fully saturated rings. The highest BCUT2D eigenvalue weighted by atomic mass is 35.5. The van der Waals surface area contributed by atoms with Gasteiger partial charge in [-0.3, -0.25) is 14.9 Å². The van der Waals surface area contributed by atoms with Gasteiger partial charge in [-0.1, -0.05) is 23.7 Å². The minimum atomic E-state index is -0.471. The normalized spacial score (nSPS) is 11.7. The number of non-ortho nitro benzene ring substituents is 1. The number of hydrogen-bond acceptors (Lipinski definition) is 4. The number of aromatic nitrogens is 1. The van der Waals surface area contributed by atoms with E-state index in [1.165, 1.54) is 24.4 Å². The van der Waals surface area contributed by atoms with Gasteiger partial charge in [0.2, 0.25) is 0 Å². The Kier molecular flexibility index (Phi) is 4.49.